The normalized spacial score (nSPS) is 21.7. The van der Waals surface area contributed by atoms with Crippen molar-refractivity contribution in [1.82, 2.24) is 0 Å². The zero-order valence-corrected chi connectivity index (χ0v) is 14.6. The predicted octanol–water partition coefficient (Wildman–Crippen LogP) is -3.05. The number of hydrogen-bond donors (Lipinski definition) is 0. The molecule has 0 amide bonds. The van der Waals surface area contributed by atoms with Gasteiger partial charge in [0.15, 0.2) is 0 Å². The molecule has 0 aliphatic carbocycles. The van der Waals surface area contributed by atoms with Gasteiger partial charge in [-0.05, 0) is 0 Å². The first-order valence-corrected chi connectivity index (χ1v) is 9.69. The van der Waals surface area contributed by atoms with Gasteiger partial charge in [0, 0.05) is 0 Å². The fourth-order valence-corrected chi connectivity index (χ4v) is 0. The van der Waals surface area contributed by atoms with Crippen molar-refractivity contribution < 1.29 is 141 Å². The van der Waals surface area contributed by atoms with Gasteiger partial charge in [0.2, 0.25) is 0 Å². The quantitative estimate of drug-likeness (QED) is 0.304. The monoisotopic (exact) mass is 392 g/mol. The SMILES string of the molecule is [F][Ta-2]([F])([F])([F])([F])([F])[F].[K+].[K+]. The minimum absolute atomic E-state index is 0. The van der Waals surface area contributed by atoms with Gasteiger partial charge < -0.3 is 0 Å². The van der Waals surface area contributed by atoms with Gasteiger partial charge in [-0.25, -0.2) is 0 Å². The molecule has 0 unspecified atom stereocenters. The Labute approximate surface area is 137 Å². The molecule has 0 spiro atoms. The van der Waals surface area contributed by atoms with Crippen molar-refractivity contribution in [2.75, 3.05) is 0 Å². The first kappa shape index (κ1) is 19.2. The molecular formula is F7K2Ta. The Morgan fingerprint density at radius 3 is 0.500 bits per heavy atom. The Balaban J connectivity index is -0.000000245. The number of hydrogen-bond acceptors (Lipinski definition) is 0. The van der Waals surface area contributed by atoms with E-state index >= 15 is 0 Å². The zero-order chi connectivity index (χ0) is 7.38. The molecule has 0 rings (SSSR count). The van der Waals surface area contributed by atoms with E-state index in [1.807, 2.05) is 0 Å². The third kappa shape index (κ3) is 103. The van der Waals surface area contributed by atoms with Crippen molar-refractivity contribution in [1.29, 1.82) is 0 Å². The molecule has 0 aromatic heterocycles. The average Bonchev–Trinajstić information content (AvgIpc) is 0.544. The molecule has 0 radical (unpaired) electrons. The van der Waals surface area contributed by atoms with Crippen molar-refractivity contribution in [3.05, 3.63) is 0 Å². The van der Waals surface area contributed by atoms with Crippen molar-refractivity contribution in [2.24, 2.45) is 0 Å². The average molecular weight is 392 g/mol. The number of halogens is 7. The Bertz CT molecular complexity index is 104. The summed E-state index contributed by atoms with van der Waals surface area (Å²) in [6.07, 6.45) is 0. The summed E-state index contributed by atoms with van der Waals surface area (Å²) in [4.78, 5) is 0. The summed E-state index contributed by atoms with van der Waals surface area (Å²) in [5.41, 5.74) is 0. The fraction of sp³-hybridized carbons (Fsp3) is 0. The minimum atomic E-state index is -13.4. The van der Waals surface area contributed by atoms with E-state index in [9.17, 15) is 21.2 Å². The van der Waals surface area contributed by atoms with E-state index in [2.05, 4.69) is 0 Å². The van der Waals surface area contributed by atoms with E-state index in [4.69, 9.17) is 0 Å². The Morgan fingerprint density at radius 1 is 0.500 bits per heavy atom. The maximum absolute atomic E-state index is 13.4. The first-order valence-electron chi connectivity index (χ1n) is 1.18. The van der Waals surface area contributed by atoms with Crippen LogP contribution in [0.2, 0.25) is 0 Å². The third-order valence-corrected chi connectivity index (χ3v) is 0. The molecule has 10 heavy (non-hydrogen) atoms. The molecule has 0 saturated carbocycles. The van der Waals surface area contributed by atoms with Gasteiger partial charge in [0.25, 0.3) is 0 Å². The van der Waals surface area contributed by atoms with Crippen LogP contribution in [0, 0.1) is 0 Å². The van der Waals surface area contributed by atoms with Crippen molar-refractivity contribution in [3.63, 3.8) is 0 Å². The zero-order valence-electron chi connectivity index (χ0n) is 5.09. The predicted molar refractivity (Wildman–Crippen MR) is 7.76 cm³/mol. The Morgan fingerprint density at radius 2 is 0.500 bits per heavy atom. The van der Waals surface area contributed by atoms with E-state index in [0.29, 0.717) is 0 Å². The molecule has 56 valence electrons. The van der Waals surface area contributed by atoms with E-state index in [0.717, 1.165) is 0 Å². The molecule has 0 bridgehead atoms. The van der Waals surface area contributed by atoms with Crippen LogP contribution in [0.25, 0.3) is 0 Å². The van der Waals surface area contributed by atoms with Gasteiger partial charge in [-0.15, -0.1) is 0 Å². The van der Waals surface area contributed by atoms with Crippen LogP contribution in [0.3, 0.4) is 0 Å². The topological polar surface area (TPSA) is 0 Å². The van der Waals surface area contributed by atoms with Gasteiger partial charge in [-0.2, -0.15) is 0 Å². The summed E-state index contributed by atoms with van der Waals surface area (Å²) >= 11 is -13.4. The molecule has 10 heteroatoms. The van der Waals surface area contributed by atoms with E-state index in [1.54, 1.807) is 0 Å². The van der Waals surface area contributed by atoms with E-state index in [-0.39, 0.29) is 103 Å². The van der Waals surface area contributed by atoms with Crippen LogP contribution in [-0.4, -0.2) is 0 Å². The third-order valence-electron chi connectivity index (χ3n) is 0. The molecule has 0 aromatic rings. The summed E-state index contributed by atoms with van der Waals surface area (Å²) in [5, 5.41) is 0. The van der Waals surface area contributed by atoms with Crippen LogP contribution in [0.4, 0.5) is 21.2 Å². The molecule has 0 atom stereocenters. The summed E-state index contributed by atoms with van der Waals surface area (Å²) in [7, 11) is 0. The second kappa shape index (κ2) is 2.76. The van der Waals surface area contributed by atoms with Crippen LogP contribution >= 0.6 is 0 Å². The van der Waals surface area contributed by atoms with Crippen molar-refractivity contribution in [2.45, 2.75) is 0 Å². The summed E-state index contributed by atoms with van der Waals surface area (Å²) in [5.74, 6) is 0. The van der Waals surface area contributed by atoms with Gasteiger partial charge in [0.1, 0.15) is 0 Å². The van der Waals surface area contributed by atoms with Gasteiger partial charge in [-0.3, -0.25) is 0 Å². The Kier molecular flexibility index (Phi) is 5.30. The summed E-state index contributed by atoms with van der Waals surface area (Å²) in [6, 6.07) is 0. The second-order valence-corrected chi connectivity index (χ2v) is 11.0. The molecule has 0 aromatic carbocycles. The van der Waals surface area contributed by atoms with Gasteiger partial charge in [-0.1, -0.05) is 0 Å². The van der Waals surface area contributed by atoms with Gasteiger partial charge in [0.05, 0.1) is 0 Å². The van der Waals surface area contributed by atoms with Gasteiger partial charge >= 0.3 is 141 Å². The fourth-order valence-electron chi connectivity index (χ4n) is 0. The first-order chi connectivity index (χ1) is 2.65. The van der Waals surface area contributed by atoms with E-state index in [1.165, 1.54) is 0 Å². The molecule has 0 heterocycles. The summed E-state index contributed by atoms with van der Waals surface area (Å²) in [6.45, 7) is 0. The van der Waals surface area contributed by atoms with Crippen LogP contribution in [0.5, 0.6) is 0 Å². The van der Waals surface area contributed by atoms with Crippen molar-refractivity contribution >= 4 is 0 Å². The van der Waals surface area contributed by atoms with Crippen LogP contribution in [0.1, 0.15) is 0 Å². The standard InChI is InChI=1S/7FH.2K.Ta/h7*1H;;;/q;;;;;;;2*+1;+5/p-7. The molecule has 0 nitrogen and oxygen atoms in total. The smallest absolute Gasteiger partial charge is 1.00 e. The minimum Gasteiger partial charge on any atom is 1.00 e. The van der Waals surface area contributed by atoms with E-state index < -0.39 is 17.0 Å². The van der Waals surface area contributed by atoms with Crippen LogP contribution < -0.4 is 103 Å². The Hall–Kier alpha value is 3.52. The maximum Gasteiger partial charge on any atom is 1.00 e. The molecular weight excluding hydrogens is 392 g/mol. The van der Waals surface area contributed by atoms with Crippen LogP contribution in [-0.2, 0) is 17.0 Å². The largest absolute Gasteiger partial charge is 1.00 e. The summed E-state index contributed by atoms with van der Waals surface area (Å²) < 4.78 is 69.6. The van der Waals surface area contributed by atoms with Crippen molar-refractivity contribution in [3.8, 4) is 0 Å². The second-order valence-electron chi connectivity index (χ2n) is 1.34. The number of rotatable bonds is 0. The molecule has 0 fully saturated rings. The molecule has 0 saturated heterocycles. The molecule has 0 aliphatic heterocycles. The van der Waals surface area contributed by atoms with Crippen LogP contribution in [0.15, 0.2) is 0 Å². The molecule has 0 aliphatic rings. The molecule has 0 N–H and O–H groups in total. The maximum atomic E-state index is 9.94.